The fourth-order valence-corrected chi connectivity index (χ4v) is 6.97. The van der Waals surface area contributed by atoms with Gasteiger partial charge in [-0.3, -0.25) is 10.1 Å². The third-order valence-corrected chi connectivity index (χ3v) is 9.44. The zero-order valence-electron chi connectivity index (χ0n) is 17.5. The van der Waals surface area contributed by atoms with Crippen molar-refractivity contribution >= 4 is 33.3 Å². The molecule has 1 amide bonds. The van der Waals surface area contributed by atoms with Gasteiger partial charge in [-0.1, -0.05) is 17.2 Å². The first kappa shape index (κ1) is 21.3. The standard InChI is InChI=1S/C22H24N4O4S2/c27-20(16-9-11-26(12-10-16)32(28,29)19-6-3-13-31-19)23-22-25-24-21(30-22)18-8-7-15-4-1-2-5-17(15)14-18/h3,6-8,13-14,16H,1-2,4-5,9-12H2,(H,23,25,27). The minimum Gasteiger partial charge on any atom is -0.403 e. The zero-order valence-corrected chi connectivity index (χ0v) is 19.1. The van der Waals surface area contributed by atoms with Gasteiger partial charge in [0.15, 0.2) is 0 Å². The highest BCUT2D eigenvalue weighted by atomic mass is 32.2. The number of fused-ring (bicyclic) bond motifs is 1. The van der Waals surface area contributed by atoms with E-state index in [-0.39, 0.29) is 17.8 Å². The largest absolute Gasteiger partial charge is 0.403 e. The van der Waals surface area contributed by atoms with Crippen LogP contribution in [0.1, 0.15) is 36.8 Å². The molecule has 0 unspecified atom stereocenters. The third-order valence-electron chi connectivity index (χ3n) is 6.16. The van der Waals surface area contributed by atoms with Gasteiger partial charge >= 0.3 is 6.01 Å². The molecule has 0 bridgehead atoms. The van der Waals surface area contributed by atoms with Crippen molar-refractivity contribution in [2.24, 2.45) is 5.92 Å². The summed E-state index contributed by atoms with van der Waals surface area (Å²) in [6.07, 6.45) is 5.47. The summed E-state index contributed by atoms with van der Waals surface area (Å²) in [6, 6.07) is 9.58. The van der Waals surface area contributed by atoms with Crippen LogP contribution in [0, 0.1) is 5.92 Å². The van der Waals surface area contributed by atoms with E-state index >= 15 is 0 Å². The van der Waals surface area contributed by atoms with E-state index in [0.717, 1.165) is 18.4 Å². The van der Waals surface area contributed by atoms with Crippen molar-refractivity contribution in [1.82, 2.24) is 14.5 Å². The molecule has 3 heterocycles. The van der Waals surface area contributed by atoms with Crippen molar-refractivity contribution in [3.05, 3.63) is 46.8 Å². The number of aryl methyl sites for hydroxylation is 2. The van der Waals surface area contributed by atoms with Crippen LogP contribution in [0.15, 0.2) is 44.3 Å². The minimum atomic E-state index is -3.48. The molecule has 32 heavy (non-hydrogen) atoms. The molecule has 1 N–H and O–H groups in total. The monoisotopic (exact) mass is 472 g/mol. The smallest absolute Gasteiger partial charge is 0.322 e. The van der Waals surface area contributed by atoms with Crippen molar-refractivity contribution in [3.8, 4) is 11.5 Å². The summed E-state index contributed by atoms with van der Waals surface area (Å²) >= 11 is 1.20. The van der Waals surface area contributed by atoms with E-state index in [4.69, 9.17) is 4.42 Å². The van der Waals surface area contributed by atoms with Crippen LogP contribution < -0.4 is 5.32 Å². The van der Waals surface area contributed by atoms with E-state index in [1.54, 1.807) is 17.5 Å². The van der Waals surface area contributed by atoms with Gasteiger partial charge in [-0.15, -0.1) is 16.4 Å². The number of anilines is 1. The Morgan fingerprint density at radius 1 is 1.09 bits per heavy atom. The fraction of sp³-hybridized carbons (Fsp3) is 0.409. The molecule has 0 atom stereocenters. The van der Waals surface area contributed by atoms with Crippen LogP contribution in [0.3, 0.4) is 0 Å². The van der Waals surface area contributed by atoms with Crippen molar-refractivity contribution in [1.29, 1.82) is 0 Å². The molecule has 2 aromatic heterocycles. The lowest BCUT2D eigenvalue weighted by atomic mass is 9.90. The summed E-state index contributed by atoms with van der Waals surface area (Å²) in [6.45, 7) is 0.616. The van der Waals surface area contributed by atoms with Crippen LogP contribution in [-0.2, 0) is 27.7 Å². The van der Waals surface area contributed by atoms with E-state index in [1.807, 2.05) is 6.07 Å². The van der Waals surface area contributed by atoms with Gasteiger partial charge in [0.25, 0.3) is 10.0 Å². The Labute approximate surface area is 190 Å². The van der Waals surface area contributed by atoms with Gasteiger partial charge in [-0.25, -0.2) is 8.42 Å². The lowest BCUT2D eigenvalue weighted by Gasteiger charge is -2.29. The topological polar surface area (TPSA) is 105 Å². The van der Waals surface area contributed by atoms with Gasteiger partial charge < -0.3 is 4.42 Å². The van der Waals surface area contributed by atoms with Crippen LogP contribution in [-0.4, -0.2) is 41.9 Å². The zero-order chi connectivity index (χ0) is 22.1. The highest BCUT2D eigenvalue weighted by Gasteiger charge is 2.33. The van der Waals surface area contributed by atoms with E-state index < -0.39 is 10.0 Å². The third kappa shape index (κ3) is 4.22. The first-order chi connectivity index (χ1) is 15.5. The molecule has 0 spiro atoms. The Morgan fingerprint density at radius 2 is 1.88 bits per heavy atom. The second-order valence-corrected chi connectivity index (χ2v) is 11.3. The van der Waals surface area contributed by atoms with Gasteiger partial charge in [0.05, 0.1) is 0 Å². The maximum absolute atomic E-state index is 12.7. The number of hydrogen-bond acceptors (Lipinski definition) is 7. The first-order valence-electron chi connectivity index (χ1n) is 10.8. The quantitative estimate of drug-likeness (QED) is 0.607. The number of benzene rings is 1. The van der Waals surface area contributed by atoms with E-state index in [1.165, 1.54) is 39.6 Å². The van der Waals surface area contributed by atoms with E-state index in [9.17, 15) is 13.2 Å². The van der Waals surface area contributed by atoms with Crippen molar-refractivity contribution < 1.29 is 17.6 Å². The summed E-state index contributed by atoms with van der Waals surface area (Å²) in [7, 11) is -3.48. The fourth-order valence-electron chi connectivity index (χ4n) is 4.36. The molecule has 0 radical (unpaired) electrons. The van der Waals surface area contributed by atoms with E-state index in [2.05, 4.69) is 27.6 Å². The van der Waals surface area contributed by atoms with Crippen LogP contribution in [0.5, 0.6) is 0 Å². The molecule has 8 nitrogen and oxygen atoms in total. The molecule has 1 aliphatic carbocycles. The summed E-state index contributed by atoms with van der Waals surface area (Å²) < 4.78 is 32.8. The van der Waals surface area contributed by atoms with Gasteiger partial charge in [-0.05, 0) is 73.2 Å². The van der Waals surface area contributed by atoms with Crippen LogP contribution in [0.2, 0.25) is 0 Å². The lowest BCUT2D eigenvalue weighted by Crippen LogP contribution is -2.41. The number of sulfonamides is 1. The van der Waals surface area contributed by atoms with Crippen molar-refractivity contribution in [3.63, 3.8) is 0 Å². The number of carbonyl (C=O) groups excluding carboxylic acids is 1. The predicted molar refractivity (Wildman–Crippen MR) is 121 cm³/mol. The number of thiophene rings is 1. The molecule has 1 saturated heterocycles. The van der Waals surface area contributed by atoms with Crippen molar-refractivity contribution in [2.75, 3.05) is 18.4 Å². The van der Waals surface area contributed by atoms with E-state index in [0.29, 0.717) is 36.0 Å². The lowest BCUT2D eigenvalue weighted by molar-refractivity contribution is -0.121. The highest BCUT2D eigenvalue weighted by molar-refractivity contribution is 7.91. The molecule has 2 aliphatic rings. The number of nitrogens with zero attached hydrogens (tertiary/aromatic N) is 3. The second kappa shape index (κ2) is 8.76. The molecular weight excluding hydrogens is 448 g/mol. The molecule has 1 aromatic carbocycles. The van der Waals surface area contributed by atoms with Crippen LogP contribution in [0.25, 0.3) is 11.5 Å². The average Bonchev–Trinajstić information content (AvgIpc) is 3.52. The maximum Gasteiger partial charge on any atom is 0.322 e. The summed E-state index contributed by atoms with van der Waals surface area (Å²) in [5.41, 5.74) is 3.55. The first-order valence-corrected chi connectivity index (χ1v) is 13.1. The number of hydrogen-bond donors (Lipinski definition) is 1. The molecule has 0 saturated carbocycles. The Morgan fingerprint density at radius 3 is 2.62 bits per heavy atom. The molecule has 5 rings (SSSR count). The predicted octanol–water partition coefficient (Wildman–Crippen LogP) is 3.72. The average molecular weight is 473 g/mol. The normalized spacial score (nSPS) is 17.8. The SMILES string of the molecule is O=C(Nc1nnc(-c2ccc3c(c2)CCCC3)o1)C1CCN(S(=O)(=O)c2cccs2)CC1. The molecule has 1 aliphatic heterocycles. The highest BCUT2D eigenvalue weighted by Crippen LogP contribution is 2.29. The minimum absolute atomic E-state index is 0.0661. The number of amides is 1. The summed E-state index contributed by atoms with van der Waals surface area (Å²) in [5, 5.41) is 12.5. The molecule has 168 valence electrons. The maximum atomic E-state index is 12.7. The Kier molecular flexibility index (Phi) is 5.83. The Hall–Kier alpha value is -2.56. The van der Waals surface area contributed by atoms with Gasteiger partial charge in [0.2, 0.25) is 11.8 Å². The number of nitrogens with one attached hydrogen (secondary N) is 1. The number of piperidine rings is 1. The Bertz CT molecular complexity index is 1210. The Balaban J connectivity index is 1.20. The molecular formula is C22H24N4O4S2. The van der Waals surface area contributed by atoms with Crippen molar-refractivity contribution in [2.45, 2.75) is 42.7 Å². The van der Waals surface area contributed by atoms with Gasteiger partial charge in [0.1, 0.15) is 4.21 Å². The number of aromatic nitrogens is 2. The molecule has 1 fully saturated rings. The summed E-state index contributed by atoms with van der Waals surface area (Å²) in [4.78, 5) is 12.7. The summed E-state index contributed by atoms with van der Waals surface area (Å²) in [5.74, 6) is -0.145. The second-order valence-electron chi connectivity index (χ2n) is 8.20. The van der Waals surface area contributed by atoms with Gasteiger partial charge in [0, 0.05) is 24.6 Å². The number of rotatable bonds is 5. The molecule has 10 heteroatoms. The van der Waals surface area contributed by atoms with Crippen LogP contribution in [0.4, 0.5) is 6.01 Å². The number of carbonyl (C=O) groups is 1. The van der Waals surface area contributed by atoms with Crippen LogP contribution >= 0.6 is 11.3 Å². The van der Waals surface area contributed by atoms with Gasteiger partial charge in [-0.2, -0.15) is 4.31 Å². The molecule has 3 aromatic rings.